The Morgan fingerprint density at radius 1 is 1.15 bits per heavy atom. The molecular formula is C19H27N7O. The number of pyridine rings is 1. The summed E-state index contributed by atoms with van der Waals surface area (Å²) in [5.41, 5.74) is 2.04. The van der Waals surface area contributed by atoms with E-state index in [1.807, 2.05) is 32.2 Å². The maximum Gasteiger partial charge on any atom is 0.317 e. The van der Waals surface area contributed by atoms with Crippen LogP contribution in [-0.4, -0.2) is 77.1 Å². The maximum absolute atomic E-state index is 12.3. The molecule has 0 atom stereocenters. The third-order valence-corrected chi connectivity index (χ3v) is 4.64. The first-order valence-corrected chi connectivity index (χ1v) is 9.26. The van der Waals surface area contributed by atoms with Gasteiger partial charge in [-0.15, -0.1) is 0 Å². The van der Waals surface area contributed by atoms with Gasteiger partial charge in [-0.25, -0.2) is 14.8 Å². The van der Waals surface area contributed by atoms with Gasteiger partial charge in [0.1, 0.15) is 0 Å². The predicted octanol–water partition coefficient (Wildman–Crippen LogP) is 1.14. The Kier molecular flexibility index (Phi) is 6.54. The molecule has 1 aliphatic heterocycles. The summed E-state index contributed by atoms with van der Waals surface area (Å²) in [6.45, 7) is 7.70. The van der Waals surface area contributed by atoms with Gasteiger partial charge in [0.25, 0.3) is 0 Å². The van der Waals surface area contributed by atoms with Gasteiger partial charge in [-0.1, -0.05) is 0 Å². The van der Waals surface area contributed by atoms with Crippen LogP contribution in [0.25, 0.3) is 0 Å². The lowest BCUT2D eigenvalue weighted by molar-refractivity contribution is 0.202. The van der Waals surface area contributed by atoms with Crippen molar-refractivity contribution < 1.29 is 4.79 Å². The predicted molar refractivity (Wildman–Crippen MR) is 105 cm³/mol. The van der Waals surface area contributed by atoms with E-state index < -0.39 is 0 Å². The van der Waals surface area contributed by atoms with Crippen molar-refractivity contribution in [1.82, 2.24) is 30.1 Å². The van der Waals surface area contributed by atoms with Crippen molar-refractivity contribution in [2.75, 3.05) is 51.2 Å². The number of hydrogen-bond donors (Lipinski definition) is 1. The van der Waals surface area contributed by atoms with Gasteiger partial charge in [0, 0.05) is 77.1 Å². The molecule has 8 heteroatoms. The summed E-state index contributed by atoms with van der Waals surface area (Å²) >= 11 is 0. The smallest absolute Gasteiger partial charge is 0.317 e. The number of rotatable bonds is 6. The zero-order valence-corrected chi connectivity index (χ0v) is 16.0. The van der Waals surface area contributed by atoms with Crippen LogP contribution in [-0.2, 0) is 6.54 Å². The average Bonchev–Trinajstić information content (AvgIpc) is 2.69. The molecule has 2 amide bonds. The molecule has 2 aromatic rings. The summed E-state index contributed by atoms with van der Waals surface area (Å²) in [6, 6.07) is 5.71. The molecule has 1 fully saturated rings. The highest BCUT2D eigenvalue weighted by molar-refractivity contribution is 5.73. The van der Waals surface area contributed by atoms with Crippen LogP contribution >= 0.6 is 0 Å². The van der Waals surface area contributed by atoms with E-state index in [9.17, 15) is 4.79 Å². The van der Waals surface area contributed by atoms with Crippen LogP contribution in [0, 0.1) is 6.92 Å². The molecular weight excluding hydrogens is 342 g/mol. The number of piperazine rings is 1. The van der Waals surface area contributed by atoms with E-state index in [0.717, 1.165) is 49.9 Å². The molecule has 0 unspecified atom stereocenters. The second-order valence-electron chi connectivity index (χ2n) is 6.77. The number of amides is 2. The summed E-state index contributed by atoms with van der Waals surface area (Å²) in [5.74, 6) is 0.790. The highest BCUT2D eigenvalue weighted by atomic mass is 16.2. The van der Waals surface area contributed by atoms with E-state index in [-0.39, 0.29) is 6.03 Å². The molecule has 144 valence electrons. The zero-order valence-electron chi connectivity index (χ0n) is 16.0. The zero-order chi connectivity index (χ0) is 19.1. The summed E-state index contributed by atoms with van der Waals surface area (Å²) < 4.78 is 0. The van der Waals surface area contributed by atoms with Gasteiger partial charge >= 0.3 is 6.03 Å². The number of hydrogen-bond acceptors (Lipinski definition) is 6. The first-order valence-electron chi connectivity index (χ1n) is 9.26. The molecule has 3 rings (SSSR count). The van der Waals surface area contributed by atoms with Gasteiger partial charge in [-0.05, 0) is 30.7 Å². The molecule has 2 aromatic heterocycles. The fourth-order valence-corrected chi connectivity index (χ4v) is 3.13. The molecule has 0 saturated carbocycles. The fourth-order valence-electron chi connectivity index (χ4n) is 3.13. The van der Waals surface area contributed by atoms with Crippen LogP contribution in [0.1, 0.15) is 11.3 Å². The number of aryl methyl sites for hydroxylation is 1. The van der Waals surface area contributed by atoms with Crippen LogP contribution in [0.3, 0.4) is 0 Å². The van der Waals surface area contributed by atoms with Crippen molar-refractivity contribution >= 4 is 12.0 Å². The largest absolute Gasteiger partial charge is 0.338 e. The number of urea groups is 1. The van der Waals surface area contributed by atoms with Gasteiger partial charge < -0.3 is 15.1 Å². The molecule has 27 heavy (non-hydrogen) atoms. The van der Waals surface area contributed by atoms with Crippen LogP contribution in [0.2, 0.25) is 0 Å². The van der Waals surface area contributed by atoms with E-state index in [1.54, 1.807) is 23.5 Å². The lowest BCUT2D eigenvalue weighted by Crippen LogP contribution is -2.49. The van der Waals surface area contributed by atoms with Crippen LogP contribution in [0.5, 0.6) is 0 Å². The number of carbonyl (C=O) groups excluding carboxylic acids is 1. The molecule has 8 nitrogen and oxygen atoms in total. The van der Waals surface area contributed by atoms with Crippen molar-refractivity contribution in [1.29, 1.82) is 0 Å². The summed E-state index contributed by atoms with van der Waals surface area (Å²) in [5, 5.41) is 3.00. The summed E-state index contributed by atoms with van der Waals surface area (Å²) in [4.78, 5) is 31.3. The van der Waals surface area contributed by atoms with E-state index in [0.29, 0.717) is 13.1 Å². The number of carbonyl (C=O) groups is 1. The number of nitrogens with one attached hydrogen (secondary N) is 1. The topological polar surface area (TPSA) is 77.5 Å². The Bertz CT molecular complexity index is 732. The monoisotopic (exact) mass is 369 g/mol. The number of anilines is 1. The lowest BCUT2D eigenvalue weighted by Gasteiger charge is -2.34. The average molecular weight is 369 g/mol. The standard InChI is InChI=1S/C19H27N7O/c1-16-14-17(4-7-20-16)15-24(2)19(27)23-8-9-25-10-12-26(13-11-25)18-21-5-3-6-22-18/h3-7,14H,8-13,15H2,1-2H3,(H,23,27). The van der Waals surface area contributed by atoms with E-state index in [4.69, 9.17) is 0 Å². The molecule has 0 aromatic carbocycles. The second-order valence-corrected chi connectivity index (χ2v) is 6.77. The molecule has 0 aliphatic carbocycles. The third kappa shape index (κ3) is 5.62. The molecule has 3 heterocycles. The normalized spacial score (nSPS) is 14.8. The molecule has 1 saturated heterocycles. The van der Waals surface area contributed by atoms with Crippen LogP contribution < -0.4 is 10.2 Å². The first kappa shape index (κ1) is 19.0. The minimum Gasteiger partial charge on any atom is -0.338 e. The van der Waals surface area contributed by atoms with Gasteiger partial charge in [-0.3, -0.25) is 9.88 Å². The molecule has 1 aliphatic rings. The molecule has 1 N–H and O–H groups in total. The third-order valence-electron chi connectivity index (χ3n) is 4.64. The van der Waals surface area contributed by atoms with E-state index >= 15 is 0 Å². The van der Waals surface area contributed by atoms with Crippen molar-refractivity contribution in [2.45, 2.75) is 13.5 Å². The van der Waals surface area contributed by atoms with Gasteiger partial charge in [0.15, 0.2) is 0 Å². The van der Waals surface area contributed by atoms with Crippen molar-refractivity contribution in [3.05, 3.63) is 48.0 Å². The lowest BCUT2D eigenvalue weighted by atomic mass is 10.2. The molecule has 0 radical (unpaired) electrons. The Morgan fingerprint density at radius 2 is 1.89 bits per heavy atom. The first-order chi connectivity index (χ1) is 13.1. The van der Waals surface area contributed by atoms with E-state index in [2.05, 4.69) is 30.1 Å². The summed E-state index contributed by atoms with van der Waals surface area (Å²) in [6.07, 6.45) is 5.32. The highest BCUT2D eigenvalue weighted by Gasteiger charge is 2.18. The SMILES string of the molecule is Cc1cc(CN(C)C(=O)NCCN2CCN(c3ncccn3)CC2)ccn1. The minimum atomic E-state index is -0.0548. The molecule has 0 spiro atoms. The Morgan fingerprint density at radius 3 is 2.59 bits per heavy atom. The number of nitrogens with zero attached hydrogens (tertiary/aromatic N) is 6. The van der Waals surface area contributed by atoms with Crippen molar-refractivity contribution in [3.8, 4) is 0 Å². The van der Waals surface area contributed by atoms with Crippen molar-refractivity contribution in [3.63, 3.8) is 0 Å². The Hall–Kier alpha value is -2.74. The maximum atomic E-state index is 12.3. The molecule has 0 bridgehead atoms. The van der Waals surface area contributed by atoms with E-state index in [1.165, 1.54) is 0 Å². The number of aromatic nitrogens is 3. The Labute approximate surface area is 160 Å². The van der Waals surface area contributed by atoms with Crippen LogP contribution in [0.15, 0.2) is 36.8 Å². The quantitative estimate of drug-likeness (QED) is 0.823. The van der Waals surface area contributed by atoms with Gasteiger partial charge in [-0.2, -0.15) is 0 Å². The van der Waals surface area contributed by atoms with Crippen molar-refractivity contribution in [2.24, 2.45) is 0 Å². The van der Waals surface area contributed by atoms with Crippen LogP contribution in [0.4, 0.5) is 10.7 Å². The fraction of sp³-hybridized carbons (Fsp3) is 0.474. The second kappa shape index (κ2) is 9.27. The highest BCUT2D eigenvalue weighted by Crippen LogP contribution is 2.09. The summed E-state index contributed by atoms with van der Waals surface area (Å²) in [7, 11) is 1.81. The van der Waals surface area contributed by atoms with Gasteiger partial charge in [0.05, 0.1) is 0 Å². The van der Waals surface area contributed by atoms with Gasteiger partial charge in [0.2, 0.25) is 5.95 Å². The minimum absolute atomic E-state index is 0.0548. The Balaban J connectivity index is 1.35.